The predicted molar refractivity (Wildman–Crippen MR) is 71.7 cm³/mol. The molecule has 0 spiro atoms. The maximum Gasteiger partial charge on any atom is 0.407 e. The number of rotatable bonds is 5. The number of hydrogen-bond donors (Lipinski definition) is 2. The molecule has 2 amide bonds. The molecule has 19 heavy (non-hydrogen) atoms. The summed E-state index contributed by atoms with van der Waals surface area (Å²) in [6, 6.07) is 4.54. The molecule has 0 fully saturated rings. The van der Waals surface area contributed by atoms with E-state index in [4.69, 9.17) is 4.74 Å². The molecule has 0 saturated heterocycles. The van der Waals surface area contributed by atoms with Crippen LogP contribution in [0.3, 0.4) is 0 Å². The topological polar surface area (TPSA) is 80.3 Å². The zero-order chi connectivity index (χ0) is 14.3. The lowest BCUT2D eigenvalue weighted by Crippen LogP contribution is -2.47. The summed E-state index contributed by atoms with van der Waals surface area (Å²) in [5, 5.41) is 5.19. The third-order valence-corrected chi connectivity index (χ3v) is 2.41. The predicted octanol–water partition coefficient (Wildman–Crippen LogP) is 1.79. The van der Waals surface area contributed by atoms with E-state index < -0.39 is 12.1 Å². The molecular formula is C13H19N3O3. The third-order valence-electron chi connectivity index (χ3n) is 2.41. The highest BCUT2D eigenvalue weighted by Gasteiger charge is 2.24. The van der Waals surface area contributed by atoms with Gasteiger partial charge in [0.05, 0.1) is 6.61 Å². The standard InChI is InChI=1S/C13H19N3O3/c1-4-19-13(18)16-11(9(2)3)12(17)15-10-7-5-6-8-14-10/h5-9,11H,4H2,1-3H3,(H,16,18)(H,14,15,17). The maximum absolute atomic E-state index is 12.1. The summed E-state index contributed by atoms with van der Waals surface area (Å²) in [4.78, 5) is 27.5. The molecule has 0 radical (unpaired) electrons. The van der Waals surface area contributed by atoms with Gasteiger partial charge in [0.15, 0.2) is 0 Å². The van der Waals surface area contributed by atoms with Crippen molar-refractivity contribution in [2.24, 2.45) is 5.92 Å². The summed E-state index contributed by atoms with van der Waals surface area (Å²) < 4.78 is 4.78. The van der Waals surface area contributed by atoms with Gasteiger partial charge in [-0.2, -0.15) is 0 Å². The molecule has 104 valence electrons. The van der Waals surface area contributed by atoms with Crippen LogP contribution in [0.2, 0.25) is 0 Å². The van der Waals surface area contributed by atoms with Crippen LogP contribution in [0.1, 0.15) is 20.8 Å². The first kappa shape index (κ1) is 14.9. The molecule has 1 heterocycles. The maximum atomic E-state index is 12.1. The SMILES string of the molecule is CCOC(=O)NC(C(=O)Nc1ccccn1)C(C)C. The largest absolute Gasteiger partial charge is 0.450 e. The fourth-order valence-electron chi connectivity index (χ4n) is 1.48. The summed E-state index contributed by atoms with van der Waals surface area (Å²) >= 11 is 0. The Kier molecular flexibility index (Phi) is 5.78. The molecular weight excluding hydrogens is 246 g/mol. The number of carbonyl (C=O) groups excluding carboxylic acids is 2. The smallest absolute Gasteiger partial charge is 0.407 e. The number of amides is 2. The van der Waals surface area contributed by atoms with Crippen molar-refractivity contribution >= 4 is 17.8 Å². The van der Waals surface area contributed by atoms with Gasteiger partial charge in [-0.3, -0.25) is 4.79 Å². The van der Waals surface area contributed by atoms with Crippen molar-refractivity contribution in [3.05, 3.63) is 24.4 Å². The van der Waals surface area contributed by atoms with E-state index >= 15 is 0 Å². The Labute approximate surface area is 112 Å². The van der Waals surface area contributed by atoms with Gasteiger partial charge in [0.2, 0.25) is 5.91 Å². The van der Waals surface area contributed by atoms with Crippen LogP contribution >= 0.6 is 0 Å². The van der Waals surface area contributed by atoms with Crippen LogP contribution in [0.5, 0.6) is 0 Å². The first-order valence-electron chi connectivity index (χ1n) is 6.19. The van der Waals surface area contributed by atoms with Crippen molar-refractivity contribution in [2.45, 2.75) is 26.8 Å². The highest BCUT2D eigenvalue weighted by Crippen LogP contribution is 2.07. The number of nitrogens with zero attached hydrogens (tertiary/aromatic N) is 1. The average molecular weight is 265 g/mol. The molecule has 6 heteroatoms. The van der Waals surface area contributed by atoms with Gasteiger partial charge >= 0.3 is 6.09 Å². The van der Waals surface area contributed by atoms with E-state index in [-0.39, 0.29) is 18.4 Å². The van der Waals surface area contributed by atoms with E-state index in [2.05, 4.69) is 15.6 Å². The van der Waals surface area contributed by atoms with Crippen molar-refractivity contribution in [3.8, 4) is 0 Å². The van der Waals surface area contributed by atoms with Gasteiger partial charge in [0, 0.05) is 6.20 Å². The van der Waals surface area contributed by atoms with Crippen molar-refractivity contribution in [3.63, 3.8) is 0 Å². The van der Waals surface area contributed by atoms with E-state index in [0.29, 0.717) is 5.82 Å². The van der Waals surface area contributed by atoms with Crippen LogP contribution in [-0.4, -0.2) is 29.6 Å². The molecule has 1 atom stereocenters. The number of hydrogen-bond acceptors (Lipinski definition) is 4. The minimum absolute atomic E-state index is 0.0619. The van der Waals surface area contributed by atoms with Crippen LogP contribution in [0.4, 0.5) is 10.6 Å². The van der Waals surface area contributed by atoms with Gasteiger partial charge in [-0.25, -0.2) is 9.78 Å². The van der Waals surface area contributed by atoms with E-state index in [0.717, 1.165) is 0 Å². The van der Waals surface area contributed by atoms with Gasteiger partial charge in [0.1, 0.15) is 11.9 Å². The molecule has 1 aromatic rings. The van der Waals surface area contributed by atoms with Gasteiger partial charge in [-0.1, -0.05) is 19.9 Å². The van der Waals surface area contributed by atoms with E-state index in [9.17, 15) is 9.59 Å². The number of carbonyl (C=O) groups is 2. The lowest BCUT2D eigenvalue weighted by molar-refractivity contribution is -0.119. The Balaban J connectivity index is 2.66. The Morgan fingerprint density at radius 1 is 1.37 bits per heavy atom. The average Bonchev–Trinajstić information content (AvgIpc) is 2.37. The van der Waals surface area contributed by atoms with Crippen LogP contribution < -0.4 is 10.6 Å². The molecule has 0 aliphatic heterocycles. The van der Waals surface area contributed by atoms with Gasteiger partial charge in [0.25, 0.3) is 0 Å². The minimum atomic E-state index is -0.666. The van der Waals surface area contributed by atoms with Gasteiger partial charge in [-0.05, 0) is 25.0 Å². The Morgan fingerprint density at radius 2 is 2.11 bits per heavy atom. The molecule has 1 unspecified atom stereocenters. The molecule has 0 saturated carbocycles. The summed E-state index contributed by atoms with van der Waals surface area (Å²) in [5.41, 5.74) is 0. The lowest BCUT2D eigenvalue weighted by atomic mass is 10.0. The Bertz CT molecular complexity index is 420. The Morgan fingerprint density at radius 3 is 2.63 bits per heavy atom. The highest BCUT2D eigenvalue weighted by molar-refractivity contribution is 5.96. The summed E-state index contributed by atoms with van der Waals surface area (Å²) in [5.74, 6) is 0.0682. The molecule has 0 aliphatic carbocycles. The van der Waals surface area contributed by atoms with Crippen molar-refractivity contribution < 1.29 is 14.3 Å². The van der Waals surface area contributed by atoms with Gasteiger partial charge < -0.3 is 15.4 Å². The fourth-order valence-corrected chi connectivity index (χ4v) is 1.48. The molecule has 0 bridgehead atoms. The number of ether oxygens (including phenoxy) is 1. The quantitative estimate of drug-likeness (QED) is 0.850. The van der Waals surface area contributed by atoms with E-state index in [1.165, 1.54) is 0 Å². The van der Waals surface area contributed by atoms with Crippen LogP contribution in [0, 0.1) is 5.92 Å². The Hall–Kier alpha value is -2.11. The van der Waals surface area contributed by atoms with Crippen molar-refractivity contribution in [2.75, 3.05) is 11.9 Å². The summed E-state index contributed by atoms with van der Waals surface area (Å²) in [7, 11) is 0. The molecule has 6 nitrogen and oxygen atoms in total. The lowest BCUT2D eigenvalue weighted by Gasteiger charge is -2.20. The molecule has 0 aromatic carbocycles. The summed E-state index contributed by atoms with van der Waals surface area (Å²) in [6.07, 6.45) is 0.982. The monoisotopic (exact) mass is 265 g/mol. The van der Waals surface area contributed by atoms with Gasteiger partial charge in [-0.15, -0.1) is 0 Å². The minimum Gasteiger partial charge on any atom is -0.450 e. The first-order valence-corrected chi connectivity index (χ1v) is 6.19. The van der Waals surface area contributed by atoms with Crippen LogP contribution in [-0.2, 0) is 9.53 Å². The van der Waals surface area contributed by atoms with Crippen molar-refractivity contribution in [1.82, 2.24) is 10.3 Å². The number of anilines is 1. The first-order chi connectivity index (χ1) is 9.04. The molecule has 1 rings (SSSR count). The molecule has 1 aromatic heterocycles. The number of pyridine rings is 1. The second-order valence-corrected chi connectivity index (χ2v) is 4.29. The fraction of sp³-hybridized carbons (Fsp3) is 0.462. The third kappa shape index (κ3) is 4.95. The normalized spacial score (nSPS) is 11.8. The zero-order valence-corrected chi connectivity index (χ0v) is 11.3. The van der Waals surface area contributed by atoms with Crippen LogP contribution in [0.15, 0.2) is 24.4 Å². The second-order valence-electron chi connectivity index (χ2n) is 4.29. The molecule has 0 aliphatic rings. The zero-order valence-electron chi connectivity index (χ0n) is 11.3. The number of alkyl carbamates (subject to hydrolysis) is 1. The number of aromatic nitrogens is 1. The van der Waals surface area contributed by atoms with Crippen molar-refractivity contribution in [1.29, 1.82) is 0 Å². The molecule has 2 N–H and O–H groups in total. The second kappa shape index (κ2) is 7.35. The summed E-state index contributed by atoms with van der Waals surface area (Å²) in [6.45, 7) is 5.65. The van der Waals surface area contributed by atoms with E-state index in [1.54, 1.807) is 31.3 Å². The van der Waals surface area contributed by atoms with E-state index in [1.807, 2.05) is 13.8 Å². The number of nitrogens with one attached hydrogen (secondary N) is 2. The highest BCUT2D eigenvalue weighted by atomic mass is 16.5. The van der Waals surface area contributed by atoms with Crippen LogP contribution in [0.25, 0.3) is 0 Å².